The number of rotatable bonds is 11. The van der Waals surface area contributed by atoms with E-state index >= 15 is 0 Å². The molecule has 1 N–H and O–H groups in total. The van der Waals surface area contributed by atoms with Crippen molar-refractivity contribution in [3.05, 3.63) is 99.5 Å². The first kappa shape index (κ1) is 27.5. The summed E-state index contributed by atoms with van der Waals surface area (Å²) in [6.45, 7) is 8.84. The highest BCUT2D eigenvalue weighted by Gasteiger charge is 2.30. The van der Waals surface area contributed by atoms with E-state index in [2.05, 4.69) is 35.1 Å². The van der Waals surface area contributed by atoms with Crippen LogP contribution in [0.15, 0.2) is 77.3 Å². The van der Waals surface area contributed by atoms with E-state index in [-0.39, 0.29) is 18.4 Å². The number of carbonyl (C=O) groups excluding carboxylic acids is 2. The second kappa shape index (κ2) is 13.3. The molecule has 0 heterocycles. The van der Waals surface area contributed by atoms with Crippen LogP contribution in [-0.2, 0) is 22.6 Å². The fraction of sp³-hybridized carbons (Fsp3) is 0.333. The van der Waals surface area contributed by atoms with E-state index in [9.17, 15) is 9.59 Å². The number of hydrogen-bond acceptors (Lipinski definition) is 3. The monoisotopic (exact) mass is 550 g/mol. The van der Waals surface area contributed by atoms with Crippen LogP contribution >= 0.6 is 15.9 Å². The van der Waals surface area contributed by atoms with Crippen molar-refractivity contribution in [2.45, 2.75) is 46.7 Å². The first-order valence-corrected chi connectivity index (χ1v) is 13.1. The summed E-state index contributed by atoms with van der Waals surface area (Å²) >= 11 is 3.47. The molecule has 6 heteroatoms. The van der Waals surface area contributed by atoms with Crippen molar-refractivity contribution >= 4 is 27.7 Å². The largest absolute Gasteiger partial charge is 0.484 e. The molecule has 1 atom stereocenters. The van der Waals surface area contributed by atoms with Crippen molar-refractivity contribution in [2.24, 2.45) is 5.92 Å². The van der Waals surface area contributed by atoms with Gasteiger partial charge in [-0.25, -0.2) is 0 Å². The van der Waals surface area contributed by atoms with Gasteiger partial charge in [-0.1, -0.05) is 78.3 Å². The summed E-state index contributed by atoms with van der Waals surface area (Å²) in [4.78, 5) is 28.7. The molecule has 3 aromatic rings. The summed E-state index contributed by atoms with van der Waals surface area (Å²) in [6.07, 6.45) is 0.413. The predicted molar refractivity (Wildman–Crippen MR) is 148 cm³/mol. The molecule has 36 heavy (non-hydrogen) atoms. The highest BCUT2D eigenvalue weighted by atomic mass is 79.9. The lowest BCUT2D eigenvalue weighted by Crippen LogP contribution is -2.52. The van der Waals surface area contributed by atoms with Crippen molar-refractivity contribution < 1.29 is 14.3 Å². The summed E-state index contributed by atoms with van der Waals surface area (Å²) < 4.78 is 6.85. The number of benzene rings is 3. The Hall–Kier alpha value is -3.12. The summed E-state index contributed by atoms with van der Waals surface area (Å²) in [5.74, 6) is 0.537. The third-order valence-electron chi connectivity index (χ3n) is 6.06. The van der Waals surface area contributed by atoms with E-state index in [0.717, 1.165) is 26.7 Å². The minimum atomic E-state index is -0.675. The second-order valence-electron chi connectivity index (χ2n) is 9.53. The van der Waals surface area contributed by atoms with E-state index in [1.165, 1.54) is 0 Å². The molecule has 3 aromatic carbocycles. The molecule has 2 amide bonds. The van der Waals surface area contributed by atoms with E-state index in [0.29, 0.717) is 31.2 Å². The van der Waals surface area contributed by atoms with Crippen LogP contribution in [0.3, 0.4) is 0 Å². The molecule has 0 saturated heterocycles. The van der Waals surface area contributed by atoms with Gasteiger partial charge < -0.3 is 15.0 Å². The summed E-state index contributed by atoms with van der Waals surface area (Å²) in [5.41, 5.74) is 4.19. The van der Waals surface area contributed by atoms with Crippen molar-refractivity contribution in [1.82, 2.24) is 10.2 Å². The van der Waals surface area contributed by atoms with Gasteiger partial charge in [-0.05, 0) is 66.3 Å². The molecule has 0 spiro atoms. The van der Waals surface area contributed by atoms with Crippen LogP contribution in [-0.4, -0.2) is 35.9 Å². The van der Waals surface area contributed by atoms with Crippen molar-refractivity contribution in [3.8, 4) is 5.75 Å². The van der Waals surface area contributed by atoms with Gasteiger partial charge in [0.05, 0.1) is 0 Å². The van der Waals surface area contributed by atoms with Gasteiger partial charge in [-0.3, -0.25) is 9.59 Å². The van der Waals surface area contributed by atoms with Gasteiger partial charge in [0, 0.05) is 24.0 Å². The molecule has 0 bridgehead atoms. The molecule has 0 saturated carbocycles. The third kappa shape index (κ3) is 8.23. The minimum Gasteiger partial charge on any atom is -0.484 e. The Balaban J connectivity index is 1.89. The number of hydrogen-bond donors (Lipinski definition) is 1. The van der Waals surface area contributed by atoms with E-state index in [1.807, 2.05) is 86.6 Å². The van der Waals surface area contributed by atoms with Crippen LogP contribution in [0.4, 0.5) is 0 Å². The van der Waals surface area contributed by atoms with Crippen LogP contribution in [0, 0.1) is 19.8 Å². The average molecular weight is 552 g/mol. The zero-order chi connectivity index (χ0) is 26.1. The Bertz CT molecular complexity index is 1150. The molecule has 0 aromatic heterocycles. The number of ether oxygens (including phenoxy) is 1. The molecular weight excluding hydrogens is 516 g/mol. The van der Waals surface area contributed by atoms with Crippen molar-refractivity contribution in [2.75, 3.05) is 13.2 Å². The van der Waals surface area contributed by atoms with Crippen LogP contribution in [0.2, 0.25) is 0 Å². The first-order valence-electron chi connectivity index (χ1n) is 12.3. The molecule has 0 aliphatic carbocycles. The Morgan fingerprint density at radius 3 is 2.25 bits per heavy atom. The minimum absolute atomic E-state index is 0.151. The number of aryl methyl sites for hydroxylation is 2. The number of nitrogens with one attached hydrogen (secondary N) is 1. The van der Waals surface area contributed by atoms with Crippen LogP contribution in [0.5, 0.6) is 5.75 Å². The number of halogens is 1. The molecule has 0 aliphatic heterocycles. The van der Waals surface area contributed by atoms with E-state index in [1.54, 1.807) is 4.90 Å². The molecule has 0 aliphatic rings. The molecule has 190 valence electrons. The Morgan fingerprint density at radius 1 is 0.917 bits per heavy atom. The Morgan fingerprint density at radius 2 is 1.61 bits per heavy atom. The lowest BCUT2D eigenvalue weighted by molar-refractivity contribution is -0.142. The summed E-state index contributed by atoms with van der Waals surface area (Å²) in [5, 5.41) is 3.04. The maximum Gasteiger partial charge on any atom is 0.261 e. The lowest BCUT2D eigenvalue weighted by Gasteiger charge is -2.31. The second-order valence-corrected chi connectivity index (χ2v) is 10.4. The SMILES string of the molecule is Cc1ccc(OCC(=O)N(Cc2ccc(Br)cc2)C(Cc2ccccc2)C(=O)NCC(C)C)cc1C. The number of carbonyl (C=O) groups is 2. The summed E-state index contributed by atoms with van der Waals surface area (Å²) in [6, 6.07) is 22.7. The Labute approximate surface area is 223 Å². The zero-order valence-electron chi connectivity index (χ0n) is 21.5. The molecule has 1 unspecified atom stereocenters. The summed E-state index contributed by atoms with van der Waals surface area (Å²) in [7, 11) is 0. The third-order valence-corrected chi connectivity index (χ3v) is 6.59. The van der Waals surface area contributed by atoms with Gasteiger partial charge in [0.25, 0.3) is 5.91 Å². The van der Waals surface area contributed by atoms with E-state index < -0.39 is 6.04 Å². The van der Waals surface area contributed by atoms with Crippen LogP contribution in [0.25, 0.3) is 0 Å². The number of nitrogens with zero attached hydrogens (tertiary/aromatic N) is 1. The van der Waals surface area contributed by atoms with Crippen LogP contribution < -0.4 is 10.1 Å². The predicted octanol–water partition coefficient (Wildman–Crippen LogP) is 5.86. The van der Waals surface area contributed by atoms with Gasteiger partial charge in [-0.15, -0.1) is 0 Å². The molecular formula is C30H35BrN2O3. The van der Waals surface area contributed by atoms with Crippen molar-refractivity contribution in [3.63, 3.8) is 0 Å². The normalized spacial score (nSPS) is 11.7. The lowest BCUT2D eigenvalue weighted by atomic mass is 10.0. The van der Waals surface area contributed by atoms with Gasteiger partial charge >= 0.3 is 0 Å². The van der Waals surface area contributed by atoms with E-state index in [4.69, 9.17) is 4.74 Å². The molecule has 5 nitrogen and oxygen atoms in total. The molecule has 0 radical (unpaired) electrons. The smallest absolute Gasteiger partial charge is 0.261 e. The van der Waals surface area contributed by atoms with Crippen LogP contribution in [0.1, 0.15) is 36.1 Å². The molecule has 3 rings (SSSR count). The highest BCUT2D eigenvalue weighted by Crippen LogP contribution is 2.19. The quantitative estimate of drug-likeness (QED) is 0.325. The van der Waals surface area contributed by atoms with Gasteiger partial charge in [0.2, 0.25) is 5.91 Å². The topological polar surface area (TPSA) is 58.6 Å². The highest BCUT2D eigenvalue weighted by molar-refractivity contribution is 9.10. The molecule has 0 fully saturated rings. The van der Waals surface area contributed by atoms with Gasteiger partial charge in [0.1, 0.15) is 11.8 Å². The first-order chi connectivity index (χ1) is 17.2. The van der Waals surface area contributed by atoms with Crippen molar-refractivity contribution in [1.29, 1.82) is 0 Å². The fourth-order valence-electron chi connectivity index (χ4n) is 3.79. The number of amides is 2. The zero-order valence-corrected chi connectivity index (χ0v) is 23.0. The maximum absolute atomic E-state index is 13.6. The average Bonchev–Trinajstić information content (AvgIpc) is 2.87. The van der Waals surface area contributed by atoms with Gasteiger partial charge in [-0.2, -0.15) is 0 Å². The fourth-order valence-corrected chi connectivity index (χ4v) is 4.06. The van der Waals surface area contributed by atoms with Gasteiger partial charge in [0.15, 0.2) is 6.61 Å². The Kier molecular flexibility index (Phi) is 10.1. The standard InChI is InChI=1S/C30H35BrN2O3/c1-21(2)18-32-30(35)28(17-24-8-6-5-7-9-24)33(19-25-11-13-26(31)14-12-25)29(34)20-36-27-15-10-22(3)23(4)16-27/h5-16,21,28H,17-20H2,1-4H3,(H,32,35). The maximum atomic E-state index is 13.6.